The normalized spacial score (nSPS) is 18.1. The van der Waals surface area contributed by atoms with Crippen molar-refractivity contribution in [1.82, 2.24) is 4.57 Å². The fourth-order valence-electron chi connectivity index (χ4n) is 10.8. The van der Waals surface area contributed by atoms with Crippen LogP contribution in [0.15, 0.2) is 182 Å². The smallest absolute Gasteiger partial charge is 0.0626 e. The highest BCUT2D eigenvalue weighted by atomic mass is 15.0. The SMILES string of the molecule is CC1(C)c2cc(C3CC=CC4CC=CC=C43)ccc2-c2ccc(-n3c4ccccc4c4c5c6ccccc6c(-c6ccccc6)cc5c5ccccc5c43)cc21. The lowest BCUT2D eigenvalue weighted by atomic mass is 9.73. The second-order valence-corrected chi connectivity index (χ2v) is 16.7. The molecule has 56 heavy (non-hydrogen) atoms. The Morgan fingerprint density at radius 2 is 1.23 bits per heavy atom. The zero-order valence-corrected chi connectivity index (χ0v) is 31.8. The Morgan fingerprint density at radius 3 is 2.07 bits per heavy atom. The summed E-state index contributed by atoms with van der Waals surface area (Å²) in [4.78, 5) is 0. The van der Waals surface area contributed by atoms with Gasteiger partial charge in [0.05, 0.1) is 11.0 Å². The van der Waals surface area contributed by atoms with E-state index in [1.807, 2.05) is 0 Å². The summed E-state index contributed by atoms with van der Waals surface area (Å²) < 4.78 is 2.56. The number of fused-ring (bicyclic) bond motifs is 14. The van der Waals surface area contributed by atoms with Gasteiger partial charge in [0, 0.05) is 44.5 Å². The maximum absolute atomic E-state index is 2.56. The van der Waals surface area contributed by atoms with Gasteiger partial charge >= 0.3 is 0 Å². The second-order valence-electron chi connectivity index (χ2n) is 16.7. The lowest BCUT2D eigenvalue weighted by Gasteiger charge is -2.31. The van der Waals surface area contributed by atoms with Gasteiger partial charge in [-0.1, -0.05) is 171 Å². The van der Waals surface area contributed by atoms with Crippen LogP contribution in [-0.4, -0.2) is 4.57 Å². The molecule has 0 radical (unpaired) electrons. The number of nitrogens with zero attached hydrogens (tertiary/aromatic N) is 1. The molecule has 266 valence electrons. The van der Waals surface area contributed by atoms with Crippen molar-refractivity contribution in [1.29, 1.82) is 0 Å². The predicted octanol–water partition coefficient (Wildman–Crippen LogP) is 14.8. The Bertz CT molecular complexity index is 3220. The zero-order chi connectivity index (χ0) is 37.1. The van der Waals surface area contributed by atoms with E-state index in [4.69, 9.17) is 0 Å². The van der Waals surface area contributed by atoms with Crippen molar-refractivity contribution in [3.8, 4) is 27.9 Å². The molecule has 0 fully saturated rings. The number of para-hydroxylation sites is 1. The minimum Gasteiger partial charge on any atom is -0.309 e. The summed E-state index contributed by atoms with van der Waals surface area (Å²) in [5.74, 6) is 0.971. The van der Waals surface area contributed by atoms with E-state index in [1.165, 1.54) is 98.8 Å². The van der Waals surface area contributed by atoms with E-state index in [-0.39, 0.29) is 5.41 Å². The van der Waals surface area contributed by atoms with Crippen LogP contribution in [0.1, 0.15) is 49.3 Å². The first-order valence-corrected chi connectivity index (χ1v) is 20.2. The van der Waals surface area contributed by atoms with Gasteiger partial charge < -0.3 is 4.57 Å². The summed E-state index contributed by atoms with van der Waals surface area (Å²) in [6, 6.07) is 55.1. The molecule has 9 aromatic rings. The van der Waals surface area contributed by atoms with Crippen molar-refractivity contribution in [3.05, 3.63) is 198 Å². The molecule has 0 bridgehead atoms. The highest BCUT2D eigenvalue weighted by Gasteiger charge is 2.37. The highest BCUT2D eigenvalue weighted by molar-refractivity contribution is 6.38. The lowest BCUT2D eigenvalue weighted by Crippen LogP contribution is -2.18. The minimum absolute atomic E-state index is 0.140. The van der Waals surface area contributed by atoms with Gasteiger partial charge in [0.2, 0.25) is 0 Å². The third-order valence-electron chi connectivity index (χ3n) is 13.5. The molecule has 0 saturated carbocycles. The molecule has 3 aliphatic rings. The Labute approximate surface area is 327 Å². The fourth-order valence-corrected chi connectivity index (χ4v) is 10.8. The topological polar surface area (TPSA) is 4.93 Å². The molecule has 3 aliphatic carbocycles. The van der Waals surface area contributed by atoms with Crippen molar-refractivity contribution in [2.24, 2.45) is 5.92 Å². The second kappa shape index (κ2) is 11.8. The Morgan fingerprint density at radius 1 is 0.536 bits per heavy atom. The van der Waals surface area contributed by atoms with Crippen LogP contribution in [0.5, 0.6) is 0 Å². The molecule has 0 saturated heterocycles. The van der Waals surface area contributed by atoms with Gasteiger partial charge in [0.25, 0.3) is 0 Å². The maximum atomic E-state index is 2.56. The molecule has 0 amide bonds. The van der Waals surface area contributed by atoms with Crippen LogP contribution in [-0.2, 0) is 5.41 Å². The molecule has 1 aromatic heterocycles. The molecule has 1 heterocycles. The summed E-state index contributed by atoms with van der Waals surface area (Å²) in [6.45, 7) is 4.87. The number of hydrogen-bond acceptors (Lipinski definition) is 0. The van der Waals surface area contributed by atoms with Crippen LogP contribution in [0.25, 0.3) is 82.1 Å². The quantitative estimate of drug-likeness (QED) is 0.127. The minimum atomic E-state index is -0.140. The first-order valence-electron chi connectivity index (χ1n) is 20.2. The average molecular weight is 716 g/mol. The van der Waals surface area contributed by atoms with Crippen LogP contribution in [0.3, 0.4) is 0 Å². The Kier molecular flexibility index (Phi) is 6.70. The van der Waals surface area contributed by atoms with Gasteiger partial charge in [-0.15, -0.1) is 0 Å². The monoisotopic (exact) mass is 715 g/mol. The molecule has 1 heteroatoms. The fraction of sp³-hybridized carbons (Fsp3) is 0.127. The zero-order valence-electron chi connectivity index (χ0n) is 31.8. The first-order chi connectivity index (χ1) is 27.6. The summed E-state index contributed by atoms with van der Waals surface area (Å²) in [5.41, 5.74) is 14.7. The average Bonchev–Trinajstić information content (AvgIpc) is 3.72. The molecule has 1 nitrogen and oxygen atoms in total. The maximum Gasteiger partial charge on any atom is 0.0626 e. The van der Waals surface area contributed by atoms with E-state index in [1.54, 1.807) is 5.57 Å². The van der Waals surface area contributed by atoms with Gasteiger partial charge in [0.15, 0.2) is 0 Å². The van der Waals surface area contributed by atoms with Gasteiger partial charge in [0.1, 0.15) is 0 Å². The van der Waals surface area contributed by atoms with Crippen molar-refractivity contribution < 1.29 is 0 Å². The molecular weight excluding hydrogens is 675 g/mol. The Balaban J connectivity index is 1.11. The van der Waals surface area contributed by atoms with E-state index in [9.17, 15) is 0 Å². The predicted molar refractivity (Wildman–Crippen MR) is 238 cm³/mol. The standard InChI is InChI=1S/C55H41N/c1-55(2)49-31-36(39-25-14-18-34-17-6-7-19-38(34)39)27-29-42(49)43-30-28-37(32-50(43)55)56-51-26-13-12-24-46(51)53-52-44-22-10-8-20-40(44)47(35-15-4-3-5-16-35)33-48(52)41-21-9-11-23-45(41)54(53)56/h3-16,18-24,26-34,39H,17,25H2,1-2H3. The van der Waals surface area contributed by atoms with Crippen molar-refractivity contribution in [2.75, 3.05) is 0 Å². The lowest BCUT2D eigenvalue weighted by molar-refractivity contribution is 0.621. The van der Waals surface area contributed by atoms with Crippen molar-refractivity contribution >= 4 is 54.1 Å². The number of aromatic nitrogens is 1. The van der Waals surface area contributed by atoms with E-state index >= 15 is 0 Å². The molecular formula is C55H41N. The summed E-state index contributed by atoms with van der Waals surface area (Å²) in [7, 11) is 0. The summed E-state index contributed by atoms with van der Waals surface area (Å²) >= 11 is 0. The van der Waals surface area contributed by atoms with Crippen LogP contribution in [0, 0.1) is 5.92 Å². The van der Waals surface area contributed by atoms with Crippen LogP contribution >= 0.6 is 0 Å². The largest absolute Gasteiger partial charge is 0.309 e. The van der Waals surface area contributed by atoms with Gasteiger partial charge in [-0.3, -0.25) is 0 Å². The first kappa shape index (κ1) is 31.9. The molecule has 8 aromatic carbocycles. The highest BCUT2D eigenvalue weighted by Crippen LogP contribution is 2.53. The number of hydrogen-bond donors (Lipinski definition) is 0. The van der Waals surface area contributed by atoms with Gasteiger partial charge in [-0.2, -0.15) is 0 Å². The van der Waals surface area contributed by atoms with Crippen molar-refractivity contribution in [3.63, 3.8) is 0 Å². The molecule has 0 spiro atoms. The van der Waals surface area contributed by atoms with Crippen molar-refractivity contribution in [2.45, 2.75) is 38.0 Å². The molecule has 12 rings (SSSR count). The molecule has 2 atom stereocenters. The van der Waals surface area contributed by atoms with Gasteiger partial charge in [-0.05, 0) is 97.6 Å². The molecule has 0 aliphatic heterocycles. The van der Waals surface area contributed by atoms with Crippen LogP contribution in [0.4, 0.5) is 0 Å². The number of allylic oxidation sites excluding steroid dienone is 6. The molecule has 0 N–H and O–H groups in total. The molecule has 2 unspecified atom stereocenters. The van der Waals surface area contributed by atoms with E-state index < -0.39 is 0 Å². The van der Waals surface area contributed by atoms with Crippen LogP contribution in [0.2, 0.25) is 0 Å². The van der Waals surface area contributed by atoms with E-state index in [2.05, 4.69) is 194 Å². The van der Waals surface area contributed by atoms with Crippen LogP contribution < -0.4 is 0 Å². The summed E-state index contributed by atoms with van der Waals surface area (Å²) in [5, 5.41) is 10.4. The third kappa shape index (κ3) is 4.37. The summed E-state index contributed by atoms with van der Waals surface area (Å²) in [6.07, 6.45) is 14.0. The van der Waals surface area contributed by atoms with E-state index in [0.717, 1.165) is 12.8 Å². The van der Waals surface area contributed by atoms with E-state index in [0.29, 0.717) is 11.8 Å². The number of benzene rings is 8. The van der Waals surface area contributed by atoms with Gasteiger partial charge in [-0.25, -0.2) is 0 Å². The Hall–Kier alpha value is -6.44. The third-order valence-corrected chi connectivity index (χ3v) is 13.5. The number of rotatable bonds is 3.